The van der Waals surface area contributed by atoms with Crippen LogP contribution in [-0.4, -0.2) is 56.6 Å². The number of aromatic nitrogens is 4. The van der Waals surface area contributed by atoms with E-state index in [1.54, 1.807) is 6.33 Å². The van der Waals surface area contributed by atoms with Gasteiger partial charge in [-0.15, -0.1) is 10.2 Å². The van der Waals surface area contributed by atoms with Gasteiger partial charge in [-0.1, -0.05) is 24.6 Å². The molecular weight excluding hydrogens is 328 g/mol. The second-order valence-electron chi connectivity index (χ2n) is 6.61. The first kappa shape index (κ1) is 16.5. The number of piperazine rings is 1. The molecule has 134 valence electrons. The van der Waals surface area contributed by atoms with Crippen LogP contribution in [-0.2, 0) is 6.42 Å². The molecule has 7 nitrogen and oxygen atoms in total. The number of amides is 1. The zero-order valence-corrected chi connectivity index (χ0v) is 15.1. The highest BCUT2D eigenvalue weighted by Gasteiger charge is 2.23. The first-order valence-electron chi connectivity index (χ1n) is 8.96. The summed E-state index contributed by atoms with van der Waals surface area (Å²) in [5, 5.41) is 8.03. The van der Waals surface area contributed by atoms with Gasteiger partial charge in [-0.25, -0.2) is 0 Å². The second-order valence-corrected chi connectivity index (χ2v) is 6.61. The number of carbonyl (C=O) groups is 1. The van der Waals surface area contributed by atoms with Crippen molar-refractivity contribution in [2.45, 2.75) is 20.3 Å². The third-order valence-electron chi connectivity index (χ3n) is 4.90. The normalized spacial score (nSPS) is 14.8. The van der Waals surface area contributed by atoms with E-state index in [1.165, 1.54) is 0 Å². The van der Waals surface area contributed by atoms with Gasteiger partial charge in [0.25, 0.3) is 11.7 Å². The van der Waals surface area contributed by atoms with E-state index in [0.717, 1.165) is 42.1 Å². The summed E-state index contributed by atoms with van der Waals surface area (Å²) in [5.41, 5.74) is 3.04. The fourth-order valence-electron chi connectivity index (χ4n) is 3.31. The standard InChI is InChI=1S/C19H22N6O/c1-3-16-12-17(21-19-22-20-13-25(16)19)23-8-10-24(11-9-23)18(26)15-6-4-14(2)5-7-15/h4-7,12-13H,3,8-11H2,1-2H3. The molecule has 1 fully saturated rings. The minimum absolute atomic E-state index is 0.0970. The highest BCUT2D eigenvalue weighted by molar-refractivity contribution is 5.94. The number of nitrogens with zero attached hydrogens (tertiary/aromatic N) is 6. The molecule has 0 radical (unpaired) electrons. The van der Waals surface area contributed by atoms with Crippen LogP contribution in [0.3, 0.4) is 0 Å². The summed E-state index contributed by atoms with van der Waals surface area (Å²) in [6.07, 6.45) is 2.58. The van der Waals surface area contributed by atoms with Gasteiger partial charge in [0.2, 0.25) is 0 Å². The summed E-state index contributed by atoms with van der Waals surface area (Å²) in [6.45, 7) is 7.03. The molecule has 0 saturated carbocycles. The largest absolute Gasteiger partial charge is 0.353 e. The SMILES string of the molecule is CCc1cc(N2CCN(C(=O)c3ccc(C)cc3)CC2)nc2nncn12. The summed E-state index contributed by atoms with van der Waals surface area (Å²) in [4.78, 5) is 21.4. The molecule has 0 bridgehead atoms. The lowest BCUT2D eigenvalue weighted by molar-refractivity contribution is 0.0746. The Labute approximate surface area is 152 Å². The van der Waals surface area contributed by atoms with Crippen molar-refractivity contribution in [2.24, 2.45) is 0 Å². The number of anilines is 1. The lowest BCUT2D eigenvalue weighted by Gasteiger charge is -2.35. The Kier molecular flexibility index (Phi) is 4.28. The van der Waals surface area contributed by atoms with Crippen molar-refractivity contribution in [1.29, 1.82) is 0 Å². The van der Waals surface area contributed by atoms with Gasteiger partial charge in [-0.3, -0.25) is 9.20 Å². The van der Waals surface area contributed by atoms with Crippen LogP contribution in [0.2, 0.25) is 0 Å². The quantitative estimate of drug-likeness (QED) is 0.722. The lowest BCUT2D eigenvalue weighted by atomic mass is 10.1. The number of carbonyl (C=O) groups excluding carboxylic acids is 1. The Bertz CT molecular complexity index is 925. The third kappa shape index (κ3) is 3.00. The highest BCUT2D eigenvalue weighted by atomic mass is 16.2. The van der Waals surface area contributed by atoms with Gasteiger partial charge >= 0.3 is 0 Å². The molecule has 1 aliphatic rings. The fraction of sp³-hybridized carbons (Fsp3) is 0.368. The van der Waals surface area contributed by atoms with E-state index in [1.807, 2.05) is 40.5 Å². The molecule has 1 aromatic carbocycles. The maximum absolute atomic E-state index is 12.7. The molecule has 3 aromatic rings. The summed E-state index contributed by atoms with van der Waals surface area (Å²) in [7, 11) is 0. The summed E-state index contributed by atoms with van der Waals surface area (Å²) < 4.78 is 1.92. The number of rotatable bonds is 3. The third-order valence-corrected chi connectivity index (χ3v) is 4.90. The number of hydrogen-bond acceptors (Lipinski definition) is 5. The minimum atomic E-state index is 0.0970. The zero-order valence-electron chi connectivity index (χ0n) is 15.1. The Morgan fingerprint density at radius 1 is 1.12 bits per heavy atom. The van der Waals surface area contributed by atoms with Crippen LogP contribution < -0.4 is 4.90 Å². The van der Waals surface area contributed by atoms with Crippen LogP contribution in [0.25, 0.3) is 5.78 Å². The van der Waals surface area contributed by atoms with Gasteiger partial charge in [-0.05, 0) is 25.5 Å². The number of aryl methyl sites for hydroxylation is 2. The molecule has 1 saturated heterocycles. The van der Waals surface area contributed by atoms with Gasteiger partial charge in [0, 0.05) is 43.5 Å². The second kappa shape index (κ2) is 6.74. The van der Waals surface area contributed by atoms with Crippen LogP contribution in [0.1, 0.15) is 28.5 Å². The minimum Gasteiger partial charge on any atom is -0.353 e. The van der Waals surface area contributed by atoms with E-state index in [4.69, 9.17) is 0 Å². The highest BCUT2D eigenvalue weighted by Crippen LogP contribution is 2.18. The molecular formula is C19H22N6O. The fourth-order valence-corrected chi connectivity index (χ4v) is 3.31. The van der Waals surface area contributed by atoms with E-state index in [0.29, 0.717) is 18.9 Å². The Hall–Kier alpha value is -2.96. The van der Waals surface area contributed by atoms with Crippen molar-refractivity contribution in [3.05, 3.63) is 53.5 Å². The first-order valence-corrected chi connectivity index (χ1v) is 8.96. The average molecular weight is 350 g/mol. The maximum Gasteiger partial charge on any atom is 0.256 e. The monoisotopic (exact) mass is 350 g/mol. The Morgan fingerprint density at radius 2 is 1.85 bits per heavy atom. The first-order chi connectivity index (χ1) is 12.7. The predicted molar refractivity (Wildman–Crippen MR) is 99.5 cm³/mol. The van der Waals surface area contributed by atoms with Crippen molar-refractivity contribution in [2.75, 3.05) is 31.1 Å². The van der Waals surface area contributed by atoms with Crippen molar-refractivity contribution in [1.82, 2.24) is 24.5 Å². The van der Waals surface area contributed by atoms with Crippen LogP contribution in [0, 0.1) is 6.92 Å². The molecule has 0 unspecified atom stereocenters. The topological polar surface area (TPSA) is 66.6 Å². The van der Waals surface area contributed by atoms with Gasteiger partial charge < -0.3 is 9.80 Å². The zero-order chi connectivity index (χ0) is 18.1. The van der Waals surface area contributed by atoms with Crippen molar-refractivity contribution < 1.29 is 4.79 Å². The van der Waals surface area contributed by atoms with Crippen LogP contribution >= 0.6 is 0 Å². The van der Waals surface area contributed by atoms with E-state index >= 15 is 0 Å². The lowest BCUT2D eigenvalue weighted by Crippen LogP contribution is -2.49. The van der Waals surface area contributed by atoms with Crippen LogP contribution in [0.4, 0.5) is 5.82 Å². The van der Waals surface area contributed by atoms with E-state index in [2.05, 4.69) is 33.1 Å². The van der Waals surface area contributed by atoms with Crippen molar-refractivity contribution in [3.63, 3.8) is 0 Å². The maximum atomic E-state index is 12.7. The molecule has 4 rings (SSSR count). The molecule has 0 N–H and O–H groups in total. The molecule has 26 heavy (non-hydrogen) atoms. The molecule has 7 heteroatoms. The number of fused-ring (bicyclic) bond motifs is 1. The molecule has 1 aliphatic heterocycles. The van der Waals surface area contributed by atoms with Crippen LogP contribution in [0.15, 0.2) is 36.7 Å². The van der Waals surface area contributed by atoms with Gasteiger partial charge in [0.1, 0.15) is 12.1 Å². The Morgan fingerprint density at radius 3 is 2.54 bits per heavy atom. The van der Waals surface area contributed by atoms with Crippen molar-refractivity contribution in [3.8, 4) is 0 Å². The average Bonchev–Trinajstić information content (AvgIpc) is 3.16. The molecule has 0 spiro atoms. The predicted octanol–water partition coefficient (Wildman–Crippen LogP) is 1.96. The molecule has 1 amide bonds. The van der Waals surface area contributed by atoms with Gasteiger partial charge in [-0.2, -0.15) is 4.98 Å². The molecule has 0 atom stereocenters. The smallest absolute Gasteiger partial charge is 0.256 e. The van der Waals surface area contributed by atoms with Gasteiger partial charge in [0.15, 0.2) is 0 Å². The summed E-state index contributed by atoms with van der Waals surface area (Å²) >= 11 is 0. The number of hydrogen-bond donors (Lipinski definition) is 0. The molecule has 0 aliphatic carbocycles. The molecule has 2 aromatic heterocycles. The van der Waals surface area contributed by atoms with Crippen molar-refractivity contribution >= 4 is 17.5 Å². The Balaban J connectivity index is 1.48. The van der Waals surface area contributed by atoms with E-state index in [-0.39, 0.29) is 5.91 Å². The van der Waals surface area contributed by atoms with Crippen LogP contribution in [0.5, 0.6) is 0 Å². The van der Waals surface area contributed by atoms with Gasteiger partial charge in [0.05, 0.1) is 0 Å². The van der Waals surface area contributed by atoms with E-state index in [9.17, 15) is 4.79 Å². The summed E-state index contributed by atoms with van der Waals surface area (Å²) in [6, 6.07) is 9.85. The molecule has 3 heterocycles. The van der Waals surface area contributed by atoms with E-state index < -0.39 is 0 Å². The number of benzene rings is 1. The summed E-state index contributed by atoms with van der Waals surface area (Å²) in [5.74, 6) is 1.63.